The van der Waals surface area contributed by atoms with Crippen LogP contribution in [0.2, 0.25) is 0 Å². The minimum atomic E-state index is -0.902. The Morgan fingerprint density at radius 1 is 0.385 bits per heavy atom. The number of amides is 1. The van der Waals surface area contributed by atoms with Crippen LogP contribution in [-0.4, -0.2) is 183 Å². The van der Waals surface area contributed by atoms with Gasteiger partial charge in [0.15, 0.2) is 0 Å². The van der Waals surface area contributed by atoms with Crippen LogP contribution in [0, 0.1) is 0 Å². The van der Waals surface area contributed by atoms with Gasteiger partial charge < -0.3 is 66.9 Å². The predicted octanol–water partition coefficient (Wildman–Crippen LogP) is 4.52. The first-order valence-electron chi connectivity index (χ1n) is 22.4. The van der Waals surface area contributed by atoms with E-state index in [4.69, 9.17) is 61.6 Å². The number of nitrogens with one attached hydrogen (secondary N) is 1. The molecule has 0 aliphatic heterocycles. The van der Waals surface area contributed by atoms with Crippen LogP contribution in [-0.2, 0) is 66.4 Å². The van der Waals surface area contributed by atoms with E-state index in [1.165, 1.54) is 22.3 Å². The zero-order chi connectivity index (χ0) is 45.7. The van der Waals surface area contributed by atoms with Gasteiger partial charge in [0.05, 0.1) is 139 Å². The lowest BCUT2D eigenvalue weighted by atomic mass is 9.98. The molecule has 4 rings (SSSR count). The summed E-state index contributed by atoms with van der Waals surface area (Å²) in [4.78, 5) is 36.0. The van der Waals surface area contributed by atoms with Crippen LogP contribution in [0.5, 0.6) is 0 Å². The van der Waals surface area contributed by atoms with Gasteiger partial charge in [-0.25, -0.2) is 9.59 Å². The van der Waals surface area contributed by atoms with Gasteiger partial charge in [0.2, 0.25) is 0 Å². The molecule has 0 aromatic heterocycles. The molecular weight excluding hydrogens is 847 g/mol. The molecule has 1 aliphatic rings. The third-order valence-electron chi connectivity index (χ3n) is 9.48. The Hall–Kier alpha value is -4.37. The predicted molar refractivity (Wildman–Crippen MR) is 238 cm³/mol. The smallest absolute Gasteiger partial charge is 0.407 e. The van der Waals surface area contributed by atoms with Crippen LogP contribution in [0.3, 0.4) is 0 Å². The highest BCUT2D eigenvalue weighted by Gasteiger charge is 2.29. The van der Waals surface area contributed by atoms with Gasteiger partial charge in [0.25, 0.3) is 5.78 Å². The number of hydrogen-bond acceptors (Lipinski definition) is 16. The zero-order valence-electron chi connectivity index (χ0n) is 37.5. The van der Waals surface area contributed by atoms with Crippen molar-refractivity contribution in [1.82, 2.24) is 5.32 Å². The second-order valence-electron chi connectivity index (χ2n) is 14.2. The molecule has 0 fully saturated rings. The molecular formula is C48H67NO16. The lowest BCUT2D eigenvalue weighted by Crippen LogP contribution is -2.27. The topological polar surface area (TPSA) is 183 Å². The van der Waals surface area contributed by atoms with Gasteiger partial charge in [0, 0.05) is 24.6 Å². The summed E-state index contributed by atoms with van der Waals surface area (Å²) in [6.07, 6.45) is 0.252. The van der Waals surface area contributed by atoms with Crippen molar-refractivity contribution in [2.75, 3.05) is 165 Å². The van der Waals surface area contributed by atoms with Crippen molar-refractivity contribution in [2.24, 2.45) is 0 Å². The van der Waals surface area contributed by atoms with Gasteiger partial charge in [-0.1, -0.05) is 78.9 Å². The van der Waals surface area contributed by atoms with E-state index < -0.39 is 17.8 Å². The molecule has 0 spiro atoms. The average Bonchev–Trinajstić information content (AvgIpc) is 3.66. The summed E-state index contributed by atoms with van der Waals surface area (Å²) in [6, 6.07) is 24.8. The summed E-state index contributed by atoms with van der Waals surface area (Å²) in [6.45, 7) is 10.4. The molecule has 0 bridgehead atoms. The minimum Gasteiger partial charge on any atom is -0.457 e. The van der Waals surface area contributed by atoms with E-state index in [1.807, 2.05) is 24.3 Å². The second kappa shape index (κ2) is 35.8. The fraction of sp³-hybridized carbons (Fsp3) is 0.562. The quantitative estimate of drug-likeness (QED) is 0.0363. The van der Waals surface area contributed by atoms with Gasteiger partial charge >= 0.3 is 12.1 Å². The number of alkyl carbamates (subject to hydrolysis) is 1. The first-order chi connectivity index (χ1) is 32.1. The monoisotopic (exact) mass is 913 g/mol. The van der Waals surface area contributed by atoms with Crippen LogP contribution >= 0.6 is 0 Å². The molecule has 1 N–H and O–H groups in total. The van der Waals surface area contributed by atoms with E-state index in [1.54, 1.807) is 30.3 Å². The van der Waals surface area contributed by atoms with E-state index in [-0.39, 0.29) is 19.1 Å². The van der Waals surface area contributed by atoms with Crippen LogP contribution < -0.4 is 5.32 Å². The molecule has 0 unspecified atom stereocenters. The van der Waals surface area contributed by atoms with Crippen molar-refractivity contribution >= 4 is 17.8 Å². The molecule has 0 saturated carbocycles. The fourth-order valence-corrected chi connectivity index (χ4v) is 6.28. The van der Waals surface area contributed by atoms with Gasteiger partial charge in [-0.05, 0) is 28.7 Å². The minimum absolute atomic E-state index is 0.00969. The van der Waals surface area contributed by atoms with E-state index in [0.717, 1.165) is 0 Å². The van der Waals surface area contributed by atoms with Crippen molar-refractivity contribution in [3.8, 4) is 11.1 Å². The summed E-state index contributed by atoms with van der Waals surface area (Å²) < 4.78 is 70.9. The number of ether oxygens (including phenoxy) is 13. The number of carbonyl (C=O) groups is 3. The number of rotatable bonds is 41. The summed E-state index contributed by atoms with van der Waals surface area (Å²) in [5, 5.41) is 2.80. The first kappa shape index (κ1) is 53.2. The fourth-order valence-electron chi connectivity index (χ4n) is 6.28. The normalized spacial score (nSPS) is 11.9. The Morgan fingerprint density at radius 2 is 0.723 bits per heavy atom. The number of ketones is 1. The van der Waals surface area contributed by atoms with E-state index >= 15 is 0 Å². The van der Waals surface area contributed by atoms with Gasteiger partial charge in [-0.15, -0.1) is 0 Å². The molecule has 0 saturated heterocycles. The van der Waals surface area contributed by atoms with Gasteiger partial charge in [-0.3, -0.25) is 4.79 Å². The van der Waals surface area contributed by atoms with Crippen molar-refractivity contribution in [3.63, 3.8) is 0 Å². The number of fused-ring (bicyclic) bond motifs is 3. The summed E-state index contributed by atoms with van der Waals surface area (Å²) in [5.74, 6) is -1.54. The largest absolute Gasteiger partial charge is 0.457 e. The van der Waals surface area contributed by atoms with Crippen molar-refractivity contribution in [3.05, 3.63) is 95.6 Å². The van der Waals surface area contributed by atoms with Crippen LogP contribution in [0.15, 0.2) is 78.9 Å². The molecule has 1 amide bonds. The van der Waals surface area contributed by atoms with Crippen molar-refractivity contribution in [1.29, 1.82) is 0 Å². The maximum absolute atomic E-state index is 12.3. The third kappa shape index (κ3) is 23.6. The molecule has 17 nitrogen and oxygen atoms in total. The van der Waals surface area contributed by atoms with E-state index in [9.17, 15) is 14.4 Å². The summed E-state index contributed by atoms with van der Waals surface area (Å²) >= 11 is 0. The van der Waals surface area contributed by atoms with Gasteiger partial charge in [-0.2, -0.15) is 0 Å². The zero-order valence-corrected chi connectivity index (χ0v) is 37.5. The summed E-state index contributed by atoms with van der Waals surface area (Å²) in [5.41, 5.74) is 5.07. The third-order valence-corrected chi connectivity index (χ3v) is 9.48. The highest BCUT2D eigenvalue weighted by Crippen LogP contribution is 2.44. The number of hydrogen-bond donors (Lipinski definition) is 1. The molecule has 0 radical (unpaired) electrons. The van der Waals surface area contributed by atoms with Crippen molar-refractivity contribution < 1.29 is 76.0 Å². The number of benzene rings is 3. The second-order valence-corrected chi connectivity index (χ2v) is 14.2. The molecule has 360 valence electrons. The Morgan fingerprint density at radius 3 is 1.12 bits per heavy atom. The Kier molecular flexibility index (Phi) is 29.4. The Labute approximate surface area is 382 Å². The highest BCUT2D eigenvalue weighted by molar-refractivity contribution is 6.40. The van der Waals surface area contributed by atoms with E-state index in [2.05, 4.69) is 29.6 Å². The molecule has 3 aromatic rings. The van der Waals surface area contributed by atoms with Gasteiger partial charge in [0.1, 0.15) is 13.2 Å². The van der Waals surface area contributed by atoms with Crippen LogP contribution in [0.4, 0.5) is 4.79 Å². The molecule has 0 heterocycles. The molecule has 0 atom stereocenters. The van der Waals surface area contributed by atoms with Crippen LogP contribution in [0.1, 0.15) is 33.8 Å². The average molecular weight is 914 g/mol. The molecule has 3 aromatic carbocycles. The maximum Gasteiger partial charge on any atom is 0.407 e. The maximum atomic E-state index is 12.3. The Balaban J connectivity index is 0.760. The number of esters is 1. The standard InChI is InChI=1S/C48H67NO16/c50-46(40-9-2-1-3-10-40)47(51)64-38-37-63-36-35-62-34-33-61-32-31-60-30-29-59-28-27-58-26-25-57-24-23-56-22-21-55-20-19-54-18-17-53-16-8-15-49-48(52)65-39-45-43-13-6-4-11-41(43)42-12-5-7-14-44(42)45/h1-7,9-14,45H,8,15-39H2,(H,49,52). The van der Waals surface area contributed by atoms with E-state index in [0.29, 0.717) is 164 Å². The first-order valence-corrected chi connectivity index (χ1v) is 22.4. The molecule has 17 heteroatoms. The van der Waals surface area contributed by atoms with Crippen LogP contribution in [0.25, 0.3) is 11.1 Å². The number of carbonyl (C=O) groups excluding carboxylic acids is 3. The SMILES string of the molecule is O=C(NCCCOCCOCCOCCOCCOCCOCCOCCOCCOCCOCCOCCOC(=O)C(=O)c1ccccc1)OCC1c2ccccc2-c2ccccc21. The molecule has 65 heavy (non-hydrogen) atoms. The highest BCUT2D eigenvalue weighted by atomic mass is 16.6. The Bertz CT molecular complexity index is 1650. The molecule has 1 aliphatic carbocycles. The summed E-state index contributed by atoms with van der Waals surface area (Å²) in [7, 11) is 0. The lowest BCUT2D eigenvalue weighted by Gasteiger charge is -2.14. The lowest BCUT2D eigenvalue weighted by molar-refractivity contribution is -0.139. The number of Topliss-reactive ketones (excluding diaryl/α,β-unsaturated/α-hetero) is 1. The van der Waals surface area contributed by atoms with Crippen molar-refractivity contribution in [2.45, 2.75) is 12.3 Å².